The van der Waals surface area contributed by atoms with E-state index < -0.39 is 0 Å². The highest BCUT2D eigenvalue weighted by molar-refractivity contribution is 4.75. The molecule has 0 aromatic carbocycles. The Morgan fingerprint density at radius 3 is 2.64 bits per heavy atom. The highest BCUT2D eigenvalue weighted by atomic mass is 16.7. The lowest BCUT2D eigenvalue weighted by Crippen LogP contribution is -2.29. The molecule has 0 saturated carbocycles. The largest absolute Gasteiger partial charge is 0.295 e. The predicted molar refractivity (Wildman–Crippen MR) is 46.2 cm³/mol. The van der Waals surface area contributed by atoms with Crippen LogP contribution in [0, 0.1) is 0 Å². The summed E-state index contributed by atoms with van der Waals surface area (Å²) in [6.07, 6.45) is 7.99. The predicted octanol–water partition coefficient (Wildman–Crippen LogP) is 1.98. The minimum Gasteiger partial charge on any atom is -0.295 e. The third kappa shape index (κ3) is 3.54. The fourth-order valence-corrected chi connectivity index (χ4v) is 1.24. The van der Waals surface area contributed by atoms with Crippen LogP contribution in [0.4, 0.5) is 0 Å². The smallest absolute Gasteiger partial charge is 0.0866 e. The average Bonchev–Trinajstić information content (AvgIpc) is 2.07. The first-order valence-corrected chi connectivity index (χ1v) is 4.42. The molecule has 0 N–H and O–H groups in total. The van der Waals surface area contributed by atoms with Crippen LogP contribution in [0.5, 0.6) is 0 Å². The maximum Gasteiger partial charge on any atom is 0.0866 e. The van der Waals surface area contributed by atoms with Crippen LogP contribution in [-0.2, 0) is 4.84 Å². The fraction of sp³-hybridized carbons (Fsp3) is 0.778. The van der Waals surface area contributed by atoms with Gasteiger partial charge in [0.05, 0.1) is 6.61 Å². The van der Waals surface area contributed by atoms with Crippen LogP contribution in [0.1, 0.15) is 26.2 Å². The molecular weight excluding hydrogens is 138 g/mol. The maximum absolute atomic E-state index is 5.47. The van der Waals surface area contributed by atoms with E-state index in [4.69, 9.17) is 4.84 Å². The summed E-state index contributed by atoms with van der Waals surface area (Å²) >= 11 is 0. The summed E-state index contributed by atoms with van der Waals surface area (Å²) in [7, 11) is 0. The third-order valence-electron chi connectivity index (χ3n) is 1.90. The Morgan fingerprint density at radius 2 is 2.00 bits per heavy atom. The number of allylic oxidation sites excluding steroid dienone is 1. The second kappa shape index (κ2) is 5.33. The van der Waals surface area contributed by atoms with E-state index in [2.05, 4.69) is 5.06 Å². The molecule has 0 bridgehead atoms. The lowest BCUT2D eigenvalue weighted by atomic mass is 10.2. The topological polar surface area (TPSA) is 12.5 Å². The van der Waals surface area contributed by atoms with E-state index in [9.17, 15) is 0 Å². The van der Waals surface area contributed by atoms with Gasteiger partial charge in [0, 0.05) is 13.1 Å². The van der Waals surface area contributed by atoms with E-state index in [-0.39, 0.29) is 0 Å². The Labute approximate surface area is 68.8 Å². The average molecular weight is 155 g/mol. The molecule has 0 aromatic rings. The van der Waals surface area contributed by atoms with Crippen molar-refractivity contribution in [1.82, 2.24) is 5.06 Å². The minimum atomic E-state index is 0.733. The number of rotatable bonds is 3. The molecule has 0 aromatic heterocycles. The van der Waals surface area contributed by atoms with Gasteiger partial charge in [-0.2, -0.15) is 5.06 Å². The van der Waals surface area contributed by atoms with Gasteiger partial charge in [-0.1, -0.05) is 18.6 Å². The van der Waals surface area contributed by atoms with E-state index in [1.165, 1.54) is 19.3 Å². The molecule has 1 rings (SSSR count). The van der Waals surface area contributed by atoms with Gasteiger partial charge in [0.2, 0.25) is 0 Å². The maximum atomic E-state index is 5.47. The highest BCUT2D eigenvalue weighted by Crippen LogP contribution is 2.08. The molecule has 1 aliphatic heterocycles. The zero-order valence-corrected chi connectivity index (χ0v) is 7.25. The minimum absolute atomic E-state index is 0.733. The molecule has 1 heterocycles. The molecule has 0 atom stereocenters. The van der Waals surface area contributed by atoms with Crippen molar-refractivity contribution in [1.29, 1.82) is 0 Å². The van der Waals surface area contributed by atoms with Gasteiger partial charge in [-0.3, -0.25) is 4.84 Å². The molecule has 2 nitrogen and oxygen atoms in total. The van der Waals surface area contributed by atoms with Gasteiger partial charge in [-0.15, -0.1) is 0 Å². The van der Waals surface area contributed by atoms with E-state index in [1.807, 2.05) is 19.1 Å². The number of hydrogen-bond donors (Lipinski definition) is 0. The SMILES string of the molecule is C/C=C/CON1CCCCC1. The Morgan fingerprint density at radius 1 is 1.27 bits per heavy atom. The van der Waals surface area contributed by atoms with Gasteiger partial charge in [-0.25, -0.2) is 0 Å². The van der Waals surface area contributed by atoms with Gasteiger partial charge >= 0.3 is 0 Å². The molecule has 1 saturated heterocycles. The molecular formula is C9H17NO. The van der Waals surface area contributed by atoms with Gasteiger partial charge in [0.25, 0.3) is 0 Å². The van der Waals surface area contributed by atoms with Gasteiger partial charge < -0.3 is 0 Å². The van der Waals surface area contributed by atoms with Crippen molar-refractivity contribution < 1.29 is 4.84 Å². The summed E-state index contributed by atoms with van der Waals surface area (Å²) in [4.78, 5) is 5.47. The van der Waals surface area contributed by atoms with Crippen LogP contribution in [0.15, 0.2) is 12.2 Å². The van der Waals surface area contributed by atoms with Gasteiger partial charge in [0.1, 0.15) is 0 Å². The van der Waals surface area contributed by atoms with E-state index in [0.29, 0.717) is 0 Å². The molecule has 1 fully saturated rings. The van der Waals surface area contributed by atoms with Crippen molar-refractivity contribution >= 4 is 0 Å². The zero-order valence-electron chi connectivity index (χ0n) is 7.25. The Hall–Kier alpha value is -0.340. The molecule has 11 heavy (non-hydrogen) atoms. The lowest BCUT2D eigenvalue weighted by molar-refractivity contribution is -0.157. The second-order valence-electron chi connectivity index (χ2n) is 2.85. The van der Waals surface area contributed by atoms with Crippen molar-refractivity contribution in [2.45, 2.75) is 26.2 Å². The first-order chi connectivity index (χ1) is 5.43. The lowest BCUT2D eigenvalue weighted by Gasteiger charge is -2.24. The van der Waals surface area contributed by atoms with Gasteiger partial charge in [0.15, 0.2) is 0 Å². The first-order valence-electron chi connectivity index (χ1n) is 4.42. The van der Waals surface area contributed by atoms with E-state index >= 15 is 0 Å². The Bertz CT molecular complexity index is 117. The molecule has 0 aliphatic carbocycles. The van der Waals surface area contributed by atoms with Crippen molar-refractivity contribution in [2.75, 3.05) is 19.7 Å². The second-order valence-corrected chi connectivity index (χ2v) is 2.85. The van der Waals surface area contributed by atoms with Gasteiger partial charge in [-0.05, 0) is 19.8 Å². The summed E-state index contributed by atoms with van der Waals surface area (Å²) in [5, 5.41) is 2.07. The number of hydroxylamine groups is 2. The van der Waals surface area contributed by atoms with Crippen molar-refractivity contribution in [3.8, 4) is 0 Å². The summed E-state index contributed by atoms with van der Waals surface area (Å²) in [6.45, 7) is 4.96. The fourth-order valence-electron chi connectivity index (χ4n) is 1.24. The molecule has 2 heteroatoms. The Balaban J connectivity index is 2.04. The van der Waals surface area contributed by atoms with Crippen LogP contribution >= 0.6 is 0 Å². The van der Waals surface area contributed by atoms with Crippen LogP contribution < -0.4 is 0 Å². The first kappa shape index (κ1) is 8.75. The molecule has 1 aliphatic rings. The summed E-state index contributed by atoms with van der Waals surface area (Å²) in [5.41, 5.74) is 0. The summed E-state index contributed by atoms with van der Waals surface area (Å²) in [5.74, 6) is 0. The monoisotopic (exact) mass is 155 g/mol. The molecule has 0 unspecified atom stereocenters. The normalized spacial score (nSPS) is 21.2. The number of hydrogen-bond acceptors (Lipinski definition) is 2. The summed E-state index contributed by atoms with van der Waals surface area (Å²) in [6, 6.07) is 0. The van der Waals surface area contributed by atoms with Crippen molar-refractivity contribution in [3.05, 3.63) is 12.2 Å². The third-order valence-corrected chi connectivity index (χ3v) is 1.90. The van der Waals surface area contributed by atoms with E-state index in [0.717, 1.165) is 19.7 Å². The molecule has 0 radical (unpaired) electrons. The summed E-state index contributed by atoms with van der Waals surface area (Å²) < 4.78 is 0. The van der Waals surface area contributed by atoms with Crippen LogP contribution in [0.25, 0.3) is 0 Å². The van der Waals surface area contributed by atoms with Crippen molar-refractivity contribution in [2.24, 2.45) is 0 Å². The highest BCUT2D eigenvalue weighted by Gasteiger charge is 2.08. The standard InChI is InChI=1S/C9H17NO/c1-2-3-9-11-10-7-5-4-6-8-10/h2-3H,4-9H2,1H3/b3-2+. The van der Waals surface area contributed by atoms with E-state index in [1.54, 1.807) is 0 Å². The Kier molecular flexibility index (Phi) is 4.24. The zero-order chi connectivity index (χ0) is 7.94. The number of piperidine rings is 1. The molecule has 0 amide bonds. The molecule has 0 spiro atoms. The van der Waals surface area contributed by atoms with Crippen LogP contribution in [-0.4, -0.2) is 24.8 Å². The molecule has 64 valence electrons. The van der Waals surface area contributed by atoms with Crippen molar-refractivity contribution in [3.63, 3.8) is 0 Å². The number of nitrogens with zero attached hydrogens (tertiary/aromatic N) is 1. The van der Waals surface area contributed by atoms with Crippen LogP contribution in [0.3, 0.4) is 0 Å². The quantitative estimate of drug-likeness (QED) is 0.578. The van der Waals surface area contributed by atoms with Crippen LogP contribution in [0.2, 0.25) is 0 Å².